The van der Waals surface area contributed by atoms with Gasteiger partial charge in [0.1, 0.15) is 22.6 Å². The van der Waals surface area contributed by atoms with Gasteiger partial charge < -0.3 is 26.2 Å². The fourth-order valence-corrected chi connectivity index (χ4v) is 11.7. The summed E-state index contributed by atoms with van der Waals surface area (Å²) in [7, 11) is 11.6. The Kier molecular flexibility index (Phi) is 27.8. The number of nitrogens with two attached hydrogens (primary N) is 1. The van der Waals surface area contributed by atoms with E-state index in [9.17, 15) is 20.2 Å². The van der Waals surface area contributed by atoms with Gasteiger partial charge in [-0.1, -0.05) is 23.7 Å². The van der Waals surface area contributed by atoms with Crippen molar-refractivity contribution in [3.05, 3.63) is 268 Å². The summed E-state index contributed by atoms with van der Waals surface area (Å²) >= 11 is 22.3. The normalized spacial score (nSPS) is 10.6. The maximum atomic E-state index is 10.5. The number of fused-ring (bicyclic) bond motifs is 5. The SMILES string of the molecule is Cc1[nH]nc2cc([N+](=O)[O-])ccc12.Cc1c2ccc(N(C)c3ccnc(Cl)n3)cc2nn1C.Cc1c2ccc(Nc3ccnc(Cl)n3)cc2nn1C.Cc1c2ccc([N+](=O)[O-])cc2nn1C.Cc1ccc(N)cc1C.Cc1ccc(Nc2nccc(N(C)c3ccc4c(C)n(C)nc4c3)n2)cc1C.Clc1ccnc(Cl)n1.S.[3HH]. The summed E-state index contributed by atoms with van der Waals surface area (Å²) in [6, 6.07) is 47.0. The van der Waals surface area contributed by atoms with Crippen molar-refractivity contribution in [3.8, 4) is 0 Å². The Labute approximate surface area is 673 Å². The average Bonchev–Trinajstić information content (AvgIpc) is 1.70. The summed E-state index contributed by atoms with van der Waals surface area (Å²) in [5.41, 5.74) is 25.1. The number of halogens is 4. The number of benzene rings is 7. The zero-order valence-electron chi connectivity index (χ0n) is 63.9. The van der Waals surface area contributed by atoms with Crippen molar-refractivity contribution in [3.63, 3.8) is 0 Å². The first-order chi connectivity index (χ1) is 52.9. The van der Waals surface area contributed by atoms with E-state index in [1.54, 1.807) is 47.5 Å². The first-order valence-electron chi connectivity index (χ1n) is 34.2. The molecule has 9 aromatic heterocycles. The van der Waals surface area contributed by atoms with Crippen molar-refractivity contribution in [2.75, 3.05) is 40.3 Å². The largest absolute Gasteiger partial charge is 0.399 e. The molecule has 0 amide bonds. The van der Waals surface area contributed by atoms with Gasteiger partial charge in [-0.2, -0.15) is 44.0 Å². The molecule has 0 saturated carbocycles. The predicted molar refractivity (Wildman–Crippen MR) is 456 cm³/mol. The molecule has 7 aromatic carbocycles. The molecule has 0 unspecified atom stereocenters. The van der Waals surface area contributed by atoms with Crippen LogP contribution in [0.3, 0.4) is 0 Å². The van der Waals surface area contributed by atoms with Crippen LogP contribution in [0.25, 0.3) is 54.5 Å². The molecule has 34 heteroatoms. The van der Waals surface area contributed by atoms with E-state index < -0.39 is 9.85 Å². The average molecular weight is 1610 g/mol. The number of nitrogens with one attached hydrogen (secondary N) is 3. The molecular formula is C78H83Cl4N25O4S. The smallest absolute Gasteiger partial charge is 0.271 e. The van der Waals surface area contributed by atoms with Crippen LogP contribution >= 0.6 is 59.9 Å². The lowest BCUT2D eigenvalue weighted by Gasteiger charge is -2.19. The van der Waals surface area contributed by atoms with Gasteiger partial charge >= 0.3 is 0 Å². The highest BCUT2D eigenvalue weighted by molar-refractivity contribution is 7.59. The van der Waals surface area contributed by atoms with Crippen LogP contribution in [0.5, 0.6) is 0 Å². The van der Waals surface area contributed by atoms with Gasteiger partial charge in [0.25, 0.3) is 11.4 Å². The van der Waals surface area contributed by atoms with Crippen molar-refractivity contribution in [2.24, 2.45) is 28.2 Å². The third kappa shape index (κ3) is 21.1. The summed E-state index contributed by atoms with van der Waals surface area (Å²) in [4.78, 5) is 56.4. The van der Waals surface area contributed by atoms with Gasteiger partial charge in [-0.15, -0.1) is 0 Å². The van der Waals surface area contributed by atoms with Crippen LogP contribution in [0.2, 0.25) is 21.0 Å². The molecule has 0 spiro atoms. The number of aryl methyl sites for hydroxylation is 13. The third-order valence-electron chi connectivity index (χ3n) is 18.1. The molecule has 0 aliphatic heterocycles. The highest BCUT2D eigenvalue weighted by atomic mass is 35.5. The van der Waals surface area contributed by atoms with Crippen LogP contribution in [0, 0.1) is 82.5 Å². The molecule has 0 aliphatic carbocycles. The first-order valence-corrected chi connectivity index (χ1v) is 35.7. The Balaban J connectivity index is 0.000000171. The summed E-state index contributed by atoms with van der Waals surface area (Å²) in [6.45, 7) is 18.3. The van der Waals surface area contributed by atoms with E-state index in [4.69, 9.17) is 52.1 Å². The van der Waals surface area contributed by atoms with Crippen molar-refractivity contribution in [1.82, 2.24) is 89.2 Å². The molecule has 9 heterocycles. The fourth-order valence-electron chi connectivity index (χ4n) is 11.1. The van der Waals surface area contributed by atoms with Crippen LogP contribution in [-0.2, 0) is 28.2 Å². The molecule has 0 bridgehead atoms. The summed E-state index contributed by atoms with van der Waals surface area (Å²) < 4.78 is 7.38. The van der Waals surface area contributed by atoms with Gasteiger partial charge in [-0.05, 0) is 235 Å². The number of nitrogen functional groups attached to an aromatic ring is 1. The summed E-state index contributed by atoms with van der Waals surface area (Å²) in [5, 5.41) is 58.2. The number of rotatable bonds is 10. The lowest BCUT2D eigenvalue weighted by atomic mass is 10.1. The van der Waals surface area contributed by atoms with Crippen molar-refractivity contribution in [2.45, 2.75) is 62.3 Å². The number of non-ortho nitro benzene ring substituents is 2. The summed E-state index contributed by atoms with van der Waals surface area (Å²) in [6.07, 6.45) is 6.52. The Morgan fingerprint density at radius 3 is 1.31 bits per heavy atom. The molecular weight excluding hydrogens is 1520 g/mol. The molecule has 0 saturated heterocycles. The van der Waals surface area contributed by atoms with Crippen LogP contribution in [0.1, 0.15) is 52.2 Å². The second-order valence-electron chi connectivity index (χ2n) is 25.5. The standard InChI is InChI=1S/C22H24N6.C14H14ClN5.C13H12ClN5.C9H9N3O2.C8H7N3O2.C8H11N.C4H2Cl2N2.H2S.H2/c1-14-6-7-17(12-15(14)2)24-22-23-11-10-21(25-22)27(4)18-8-9-19-16(3)28(5)26-20(19)13-18;1-9-11-5-4-10(8-12(11)18-20(9)3)19(2)13-6-7-16-14(15)17-13;1-8-10-4-3-9(7-11(10)18-19(8)2)16-12-5-6-15-13(14)17-12;1-6-8-4-3-7(12(13)14)5-9(8)10-11(6)2;1-5-7-3-2-6(11(12)13)4-8(7)10-9-5;1-6-3-4-8(9)5-7(6)2;5-3-1-2-7-4(6)8-3;;/h6-13H,1-5H3,(H,23,24,25);4-8H,1-3H3;3-7H,1-2H3,(H,15,16,17);3-5H,1-2H3;2-4H,1H3,(H,9,10);3-5H,9H2,1-2H3;1-2H;1H2;1H/i;;;;;;;;1+2. The molecule has 0 aliphatic rings. The molecule has 5 N–H and O–H groups in total. The highest BCUT2D eigenvalue weighted by Gasteiger charge is 2.16. The van der Waals surface area contributed by atoms with E-state index in [0.29, 0.717) is 28.0 Å². The van der Waals surface area contributed by atoms with Crippen LogP contribution < -0.4 is 26.2 Å². The van der Waals surface area contributed by atoms with E-state index in [0.717, 1.165) is 107 Å². The van der Waals surface area contributed by atoms with Gasteiger partial charge in [0.15, 0.2) is 0 Å². The molecule has 112 heavy (non-hydrogen) atoms. The molecule has 16 aromatic rings. The lowest BCUT2D eigenvalue weighted by molar-refractivity contribution is -0.384. The summed E-state index contributed by atoms with van der Waals surface area (Å²) in [5.74, 6) is 2.79. The Bertz CT molecular complexity index is 6040. The Hall–Kier alpha value is -12.5. The lowest BCUT2D eigenvalue weighted by Crippen LogP contribution is -2.12. The van der Waals surface area contributed by atoms with Gasteiger partial charge in [0.2, 0.25) is 21.8 Å². The number of nitro benzene ring substituents is 2. The van der Waals surface area contributed by atoms with E-state index in [-0.39, 0.29) is 42.1 Å². The number of hydrogen-bond acceptors (Lipinski definition) is 22. The molecule has 29 nitrogen and oxygen atoms in total. The molecule has 16 rings (SSSR count). The third-order valence-corrected chi connectivity index (χ3v) is 18.9. The number of hydrogen-bond donors (Lipinski definition) is 4. The minimum atomic E-state index is -0.427. The zero-order valence-corrected chi connectivity index (χ0v) is 67.9. The van der Waals surface area contributed by atoms with Crippen molar-refractivity contribution < 1.29 is 11.3 Å². The Morgan fingerprint density at radius 1 is 0.429 bits per heavy atom. The van der Waals surface area contributed by atoms with Gasteiger partial charge in [0.05, 0.1) is 37.4 Å². The number of anilines is 9. The topological polar surface area (TPSA) is 346 Å². The fraction of sp³-hybridized carbons (Fsp3) is 0.192. The number of aromatic amines is 1. The van der Waals surface area contributed by atoms with E-state index >= 15 is 0 Å². The zero-order chi connectivity index (χ0) is 80.1. The van der Waals surface area contributed by atoms with Gasteiger partial charge in [-0.25, -0.2) is 34.9 Å². The maximum absolute atomic E-state index is 10.5. The molecule has 578 valence electrons. The van der Waals surface area contributed by atoms with Gasteiger partial charge in [0, 0.05) is 177 Å². The molecule has 0 radical (unpaired) electrons. The second kappa shape index (κ2) is 37.3. The number of nitrogens with zero attached hydrogens (tertiary/aromatic N) is 21. The van der Waals surface area contributed by atoms with E-state index in [1.165, 1.54) is 58.1 Å². The van der Waals surface area contributed by atoms with Crippen molar-refractivity contribution in [1.29, 1.82) is 0 Å². The molecule has 0 atom stereocenters. The monoisotopic (exact) mass is 1610 g/mol. The van der Waals surface area contributed by atoms with Crippen LogP contribution in [0.15, 0.2) is 176 Å². The van der Waals surface area contributed by atoms with Crippen LogP contribution in [-0.4, -0.2) is 113 Å². The highest BCUT2D eigenvalue weighted by Crippen LogP contribution is 2.31. The number of H-pyrrole nitrogens is 1. The minimum Gasteiger partial charge on any atom is -0.399 e. The van der Waals surface area contributed by atoms with E-state index in [1.807, 2.05) is 154 Å². The van der Waals surface area contributed by atoms with E-state index in [2.05, 4.69) is 159 Å². The van der Waals surface area contributed by atoms with Crippen molar-refractivity contribution >= 4 is 178 Å². The first kappa shape index (κ1) is 83.6. The van der Waals surface area contributed by atoms with Gasteiger partial charge in [-0.3, -0.25) is 44.1 Å². The molecule has 0 fully saturated rings. The number of nitro groups is 2. The van der Waals surface area contributed by atoms with Crippen LogP contribution in [0.4, 0.5) is 63.2 Å². The predicted octanol–water partition coefficient (Wildman–Crippen LogP) is 18.6. The second-order valence-corrected chi connectivity index (χ2v) is 26.9. The number of aromatic nitrogens is 18. The minimum absolute atomic E-state index is 0. The Morgan fingerprint density at radius 2 is 0.839 bits per heavy atom. The quantitative estimate of drug-likeness (QED) is 0.0325. The maximum Gasteiger partial charge on any atom is 0.271 e.